The van der Waals surface area contributed by atoms with Gasteiger partial charge in [0, 0.05) is 48.4 Å². The number of urea groups is 1. The Morgan fingerprint density at radius 1 is 1.37 bits per heavy atom. The molecule has 0 aliphatic carbocycles. The monoisotopic (exact) mass is 465 g/mol. The van der Waals surface area contributed by atoms with Crippen LogP contribution in [0.25, 0.3) is 0 Å². The molecule has 0 bridgehead atoms. The average molecular weight is 466 g/mol. The van der Waals surface area contributed by atoms with E-state index < -0.39 is 0 Å². The number of nitrogens with zero attached hydrogens (tertiary/aromatic N) is 3. The van der Waals surface area contributed by atoms with Crippen molar-refractivity contribution < 1.29 is 9.59 Å². The lowest BCUT2D eigenvalue weighted by Crippen LogP contribution is -2.40. The molecule has 1 atom stereocenters. The number of thioether (sulfide) groups is 1. The van der Waals surface area contributed by atoms with E-state index >= 15 is 0 Å². The van der Waals surface area contributed by atoms with E-state index in [-0.39, 0.29) is 17.4 Å². The number of anilines is 2. The van der Waals surface area contributed by atoms with Gasteiger partial charge in [0.15, 0.2) is 5.13 Å². The van der Waals surface area contributed by atoms with Crippen LogP contribution < -0.4 is 15.5 Å². The van der Waals surface area contributed by atoms with Crippen LogP contribution in [0.5, 0.6) is 0 Å². The minimum absolute atomic E-state index is 0.0137. The molecular formula is C20H24ClN5O2S2. The lowest BCUT2D eigenvalue weighted by molar-refractivity contribution is -0.120. The van der Waals surface area contributed by atoms with Gasteiger partial charge in [-0.3, -0.25) is 15.0 Å². The summed E-state index contributed by atoms with van der Waals surface area (Å²) in [7, 11) is 3.74. The lowest BCUT2D eigenvalue weighted by Gasteiger charge is -2.25. The number of fused-ring (bicyclic) bond motifs is 2. The van der Waals surface area contributed by atoms with Gasteiger partial charge in [-0.1, -0.05) is 22.9 Å². The minimum Gasteiger partial charge on any atom is -0.359 e. The Morgan fingerprint density at radius 2 is 2.20 bits per heavy atom. The molecule has 1 saturated heterocycles. The second-order valence-corrected chi connectivity index (χ2v) is 10.6. The highest BCUT2D eigenvalue weighted by molar-refractivity contribution is 8.01. The summed E-state index contributed by atoms with van der Waals surface area (Å²) in [4.78, 5) is 32.9. The van der Waals surface area contributed by atoms with Crippen LogP contribution in [-0.2, 0) is 10.2 Å². The van der Waals surface area contributed by atoms with Gasteiger partial charge in [0.25, 0.3) is 0 Å². The zero-order valence-corrected chi connectivity index (χ0v) is 19.3. The van der Waals surface area contributed by atoms with Crippen molar-refractivity contribution in [2.45, 2.75) is 22.5 Å². The molecule has 3 heterocycles. The molecular weight excluding hydrogens is 442 g/mol. The number of aromatic nitrogens is 1. The second-order valence-electron chi connectivity index (χ2n) is 7.70. The Hall–Kier alpha value is -1.81. The van der Waals surface area contributed by atoms with Gasteiger partial charge >= 0.3 is 6.03 Å². The molecule has 7 nitrogen and oxygen atoms in total. The van der Waals surface area contributed by atoms with Gasteiger partial charge in [-0.05, 0) is 43.8 Å². The van der Waals surface area contributed by atoms with Crippen LogP contribution in [0.4, 0.5) is 15.6 Å². The predicted octanol–water partition coefficient (Wildman–Crippen LogP) is 3.65. The summed E-state index contributed by atoms with van der Waals surface area (Å²) in [6.07, 6.45) is 3.19. The van der Waals surface area contributed by atoms with E-state index in [2.05, 4.69) is 27.6 Å². The number of carbonyl (C=O) groups is 2. The first-order valence-electron chi connectivity index (χ1n) is 9.76. The van der Waals surface area contributed by atoms with Gasteiger partial charge in [-0.15, -0.1) is 11.8 Å². The fourth-order valence-corrected chi connectivity index (χ4v) is 6.21. The van der Waals surface area contributed by atoms with E-state index in [4.69, 9.17) is 11.6 Å². The van der Waals surface area contributed by atoms with Gasteiger partial charge in [0.05, 0.1) is 10.4 Å². The van der Waals surface area contributed by atoms with E-state index in [1.54, 1.807) is 25.0 Å². The number of carbonyl (C=O) groups excluding carboxylic acids is 2. The maximum atomic E-state index is 13.1. The molecule has 2 aliphatic rings. The normalized spacial score (nSPS) is 20.6. The third-order valence-electron chi connectivity index (χ3n) is 5.62. The Bertz CT molecular complexity index is 968. The highest BCUT2D eigenvalue weighted by atomic mass is 35.5. The summed E-state index contributed by atoms with van der Waals surface area (Å²) in [5.41, 5.74) is 2.00. The summed E-state index contributed by atoms with van der Waals surface area (Å²) in [5, 5.41) is 6.81. The third kappa shape index (κ3) is 4.30. The first-order chi connectivity index (χ1) is 14.4. The van der Waals surface area contributed by atoms with Crippen molar-refractivity contribution >= 4 is 57.5 Å². The fraction of sp³-hybridized carbons (Fsp3) is 0.450. The molecule has 2 aliphatic heterocycles. The summed E-state index contributed by atoms with van der Waals surface area (Å²) in [6.45, 7) is 2.55. The van der Waals surface area contributed by atoms with Crippen molar-refractivity contribution in [3.63, 3.8) is 0 Å². The third-order valence-corrected chi connectivity index (χ3v) is 7.97. The molecule has 1 spiro atoms. The summed E-state index contributed by atoms with van der Waals surface area (Å²) < 4.78 is 0.969. The number of likely N-dealkylation sites (tertiary alicyclic amines) is 1. The molecule has 10 heteroatoms. The zero-order chi connectivity index (χ0) is 21.3. The van der Waals surface area contributed by atoms with Gasteiger partial charge in [-0.2, -0.15) is 0 Å². The molecule has 1 unspecified atom stereocenters. The first kappa shape index (κ1) is 21.4. The van der Waals surface area contributed by atoms with Crippen molar-refractivity contribution in [2.75, 3.05) is 49.7 Å². The first-order valence-corrected chi connectivity index (χ1v) is 11.9. The number of hydrogen-bond donors (Lipinski definition) is 2. The maximum absolute atomic E-state index is 13.1. The predicted molar refractivity (Wildman–Crippen MR) is 123 cm³/mol. The van der Waals surface area contributed by atoms with Gasteiger partial charge in [-0.25, -0.2) is 9.78 Å². The fourth-order valence-electron chi connectivity index (χ4n) is 4.16. The smallest absolute Gasteiger partial charge is 0.328 e. The molecule has 4 rings (SSSR count). The highest BCUT2D eigenvalue weighted by Gasteiger charge is 2.48. The molecule has 160 valence electrons. The van der Waals surface area contributed by atoms with Crippen molar-refractivity contribution in [2.24, 2.45) is 0 Å². The van der Waals surface area contributed by atoms with Crippen LogP contribution in [0.15, 0.2) is 28.6 Å². The minimum atomic E-state index is -0.179. The molecule has 0 radical (unpaired) electrons. The largest absolute Gasteiger partial charge is 0.359 e. The number of nitrogens with one attached hydrogen (secondary N) is 2. The van der Waals surface area contributed by atoms with Crippen molar-refractivity contribution in [3.8, 4) is 0 Å². The van der Waals surface area contributed by atoms with E-state index in [0.717, 1.165) is 35.0 Å². The van der Waals surface area contributed by atoms with Crippen LogP contribution in [0, 0.1) is 0 Å². The average Bonchev–Trinajstić information content (AvgIpc) is 3.40. The number of halogens is 1. The van der Waals surface area contributed by atoms with E-state index in [0.29, 0.717) is 28.9 Å². The standard InChI is InChI=1S/C20H24ClN5O2S2/c1-22-16(27)5-8-29-17-10-23-18(30-17)24-19(28)26-12-20(6-7-25(2)11-20)14-9-13(21)3-4-15(14)26/h3-4,9-10H,5-8,11-12H2,1-2H3,(H,22,27)(H,23,24,28). The molecule has 1 aromatic carbocycles. The van der Waals surface area contributed by atoms with Crippen molar-refractivity contribution in [1.29, 1.82) is 0 Å². The Kier molecular flexibility index (Phi) is 6.24. The second kappa shape index (κ2) is 8.74. The topological polar surface area (TPSA) is 77.6 Å². The molecule has 1 aromatic heterocycles. The molecule has 3 amide bonds. The van der Waals surface area contributed by atoms with Crippen LogP contribution in [0.1, 0.15) is 18.4 Å². The number of amides is 3. The molecule has 1 fully saturated rings. The van der Waals surface area contributed by atoms with Crippen molar-refractivity contribution in [3.05, 3.63) is 35.0 Å². The van der Waals surface area contributed by atoms with Gasteiger partial charge in [0.2, 0.25) is 5.91 Å². The van der Waals surface area contributed by atoms with Crippen LogP contribution in [0.2, 0.25) is 5.02 Å². The highest BCUT2D eigenvalue weighted by Crippen LogP contribution is 2.47. The van der Waals surface area contributed by atoms with Gasteiger partial charge in [0.1, 0.15) is 0 Å². The van der Waals surface area contributed by atoms with Crippen LogP contribution in [0.3, 0.4) is 0 Å². The Balaban J connectivity index is 1.45. The maximum Gasteiger partial charge on any atom is 0.328 e. The number of thiazole rings is 1. The zero-order valence-electron chi connectivity index (χ0n) is 16.9. The number of likely N-dealkylation sites (N-methyl/N-ethyl adjacent to an activating group) is 1. The molecule has 2 aromatic rings. The van der Waals surface area contributed by atoms with E-state index in [1.807, 2.05) is 23.1 Å². The van der Waals surface area contributed by atoms with E-state index in [9.17, 15) is 9.59 Å². The number of benzene rings is 1. The van der Waals surface area contributed by atoms with Crippen LogP contribution >= 0.6 is 34.7 Å². The number of rotatable bonds is 5. The summed E-state index contributed by atoms with van der Waals surface area (Å²) >= 11 is 9.26. The quantitative estimate of drug-likeness (QED) is 0.659. The number of hydrogen-bond acceptors (Lipinski definition) is 6. The van der Waals surface area contributed by atoms with Crippen LogP contribution in [-0.4, -0.2) is 61.3 Å². The molecule has 2 N–H and O–H groups in total. The Morgan fingerprint density at radius 3 is 2.93 bits per heavy atom. The lowest BCUT2D eigenvalue weighted by atomic mass is 9.81. The Labute approximate surface area is 189 Å². The summed E-state index contributed by atoms with van der Waals surface area (Å²) in [6, 6.07) is 5.60. The van der Waals surface area contributed by atoms with Crippen molar-refractivity contribution in [1.82, 2.24) is 15.2 Å². The van der Waals surface area contributed by atoms with E-state index in [1.165, 1.54) is 11.3 Å². The molecule has 30 heavy (non-hydrogen) atoms. The summed E-state index contributed by atoms with van der Waals surface area (Å²) in [5.74, 6) is 0.686. The molecule has 0 saturated carbocycles. The van der Waals surface area contributed by atoms with Gasteiger partial charge < -0.3 is 10.2 Å². The SMILES string of the molecule is CNC(=O)CCSc1cnc(NC(=O)N2CC3(CCN(C)C3)c3cc(Cl)ccc32)s1.